The number of hydrogen-bond donors (Lipinski definition) is 1. The summed E-state index contributed by atoms with van der Waals surface area (Å²) in [6.07, 6.45) is -0.0235. The fourth-order valence-corrected chi connectivity index (χ4v) is 3.70. The summed E-state index contributed by atoms with van der Waals surface area (Å²) in [5.41, 5.74) is 1.22. The molecule has 1 unspecified atom stereocenters. The molecule has 1 aliphatic rings. The van der Waals surface area contributed by atoms with Gasteiger partial charge in [0.25, 0.3) is 11.7 Å². The van der Waals surface area contributed by atoms with Crippen molar-refractivity contribution in [1.29, 1.82) is 0 Å². The van der Waals surface area contributed by atoms with Crippen molar-refractivity contribution in [3.8, 4) is 11.5 Å². The summed E-state index contributed by atoms with van der Waals surface area (Å²) in [7, 11) is 5.36. The number of likely N-dealkylation sites (tertiary alicyclic amines) is 1. The number of rotatable bonds is 8. The van der Waals surface area contributed by atoms with Gasteiger partial charge >= 0.3 is 0 Å². The van der Waals surface area contributed by atoms with Gasteiger partial charge in [0.2, 0.25) is 0 Å². The molecule has 3 rings (SSSR count). The third-order valence-electron chi connectivity index (χ3n) is 5.24. The molecule has 0 saturated carbocycles. The van der Waals surface area contributed by atoms with Gasteiger partial charge < -0.3 is 24.4 Å². The molecule has 0 radical (unpaired) electrons. The first kappa shape index (κ1) is 23.3. The van der Waals surface area contributed by atoms with Crippen LogP contribution >= 0.6 is 0 Å². The molecule has 1 heterocycles. The number of carbonyl (C=O) groups excluding carboxylic acids is 2. The van der Waals surface area contributed by atoms with Crippen LogP contribution in [-0.4, -0.2) is 67.0 Å². The maximum atomic E-state index is 13.1. The van der Waals surface area contributed by atoms with Crippen LogP contribution in [-0.2, 0) is 9.59 Å². The minimum atomic E-state index is -0.715. The second-order valence-corrected chi connectivity index (χ2v) is 8.26. The molecule has 0 spiro atoms. The van der Waals surface area contributed by atoms with Gasteiger partial charge in [-0.05, 0) is 69.9 Å². The zero-order chi connectivity index (χ0) is 23.4. The van der Waals surface area contributed by atoms with Crippen molar-refractivity contribution in [2.45, 2.75) is 26.0 Å². The largest absolute Gasteiger partial charge is 0.507 e. The smallest absolute Gasteiger partial charge is 0.295 e. The van der Waals surface area contributed by atoms with E-state index in [0.717, 1.165) is 0 Å². The Bertz CT molecular complexity index is 1010. The standard InChI is InChI=1S/C25H30N2O5/c1-16(2)32-20-8-6-7-18(15-20)22-21(23(28)17-9-11-19(31-5)12-10-17)24(29)25(30)27(22)14-13-26(3)4/h6-12,15-16,22,28H,13-14H2,1-5H3/b23-21-. The Morgan fingerprint density at radius 3 is 2.38 bits per heavy atom. The van der Waals surface area contributed by atoms with Gasteiger partial charge in [-0.2, -0.15) is 0 Å². The Morgan fingerprint density at radius 1 is 1.09 bits per heavy atom. The molecule has 2 aromatic carbocycles. The van der Waals surface area contributed by atoms with Gasteiger partial charge in [-0.1, -0.05) is 12.1 Å². The highest BCUT2D eigenvalue weighted by Gasteiger charge is 2.46. The van der Waals surface area contributed by atoms with E-state index >= 15 is 0 Å². The van der Waals surface area contributed by atoms with Crippen LogP contribution < -0.4 is 9.47 Å². The van der Waals surface area contributed by atoms with E-state index in [0.29, 0.717) is 35.7 Å². The average Bonchev–Trinajstić information content (AvgIpc) is 3.01. The first-order valence-corrected chi connectivity index (χ1v) is 10.6. The number of benzene rings is 2. The van der Waals surface area contributed by atoms with E-state index in [1.807, 2.05) is 57.1 Å². The van der Waals surface area contributed by atoms with Crippen LogP contribution in [0.3, 0.4) is 0 Å². The van der Waals surface area contributed by atoms with Crippen LogP contribution in [0.25, 0.3) is 5.76 Å². The quantitative estimate of drug-likeness (QED) is 0.386. The third kappa shape index (κ3) is 4.94. The monoisotopic (exact) mass is 438 g/mol. The van der Waals surface area contributed by atoms with Crippen LogP contribution in [0.2, 0.25) is 0 Å². The van der Waals surface area contributed by atoms with Crippen molar-refractivity contribution in [3.63, 3.8) is 0 Å². The third-order valence-corrected chi connectivity index (χ3v) is 5.24. The second kappa shape index (κ2) is 9.87. The number of carbonyl (C=O) groups is 2. The number of aliphatic hydroxyl groups excluding tert-OH is 1. The van der Waals surface area contributed by atoms with E-state index < -0.39 is 17.7 Å². The molecule has 1 saturated heterocycles. The molecule has 0 bridgehead atoms. The van der Waals surface area contributed by atoms with Crippen molar-refractivity contribution in [2.24, 2.45) is 0 Å². The van der Waals surface area contributed by atoms with Crippen molar-refractivity contribution in [1.82, 2.24) is 9.80 Å². The van der Waals surface area contributed by atoms with Gasteiger partial charge in [-0.25, -0.2) is 0 Å². The Morgan fingerprint density at radius 2 is 1.78 bits per heavy atom. The normalized spacial score (nSPS) is 18.0. The molecule has 1 atom stereocenters. The van der Waals surface area contributed by atoms with E-state index in [1.165, 1.54) is 4.90 Å². The summed E-state index contributed by atoms with van der Waals surface area (Å²) < 4.78 is 11.0. The molecule has 1 N–H and O–H groups in total. The summed E-state index contributed by atoms with van der Waals surface area (Å²) in [4.78, 5) is 29.5. The predicted octanol–water partition coefficient (Wildman–Crippen LogP) is 3.47. The molecular weight excluding hydrogens is 408 g/mol. The van der Waals surface area contributed by atoms with Crippen LogP contribution in [0.5, 0.6) is 11.5 Å². The SMILES string of the molecule is COc1ccc(/C(O)=C2/C(=O)C(=O)N(CCN(C)C)C2c2cccc(OC(C)C)c2)cc1. The molecule has 7 nitrogen and oxygen atoms in total. The molecule has 7 heteroatoms. The summed E-state index contributed by atoms with van der Waals surface area (Å²) in [6.45, 7) is 4.78. The maximum Gasteiger partial charge on any atom is 0.295 e. The van der Waals surface area contributed by atoms with Crippen molar-refractivity contribution in [3.05, 3.63) is 65.2 Å². The van der Waals surface area contributed by atoms with Gasteiger partial charge in [0.05, 0.1) is 24.8 Å². The highest BCUT2D eigenvalue weighted by atomic mass is 16.5. The van der Waals surface area contributed by atoms with Gasteiger partial charge in [0.1, 0.15) is 17.3 Å². The van der Waals surface area contributed by atoms with Gasteiger partial charge in [0.15, 0.2) is 0 Å². The van der Waals surface area contributed by atoms with Crippen LogP contribution in [0, 0.1) is 0 Å². The maximum absolute atomic E-state index is 13.1. The number of ether oxygens (including phenoxy) is 2. The Labute approximate surface area is 188 Å². The lowest BCUT2D eigenvalue weighted by Crippen LogP contribution is -2.35. The van der Waals surface area contributed by atoms with Gasteiger partial charge in [0, 0.05) is 18.7 Å². The predicted molar refractivity (Wildman–Crippen MR) is 123 cm³/mol. The Kier molecular flexibility index (Phi) is 7.20. The van der Waals surface area contributed by atoms with Gasteiger partial charge in [-0.15, -0.1) is 0 Å². The minimum absolute atomic E-state index is 0.0235. The fourth-order valence-electron chi connectivity index (χ4n) is 3.70. The second-order valence-electron chi connectivity index (χ2n) is 8.26. The zero-order valence-electron chi connectivity index (χ0n) is 19.2. The number of amides is 1. The molecule has 1 amide bonds. The van der Waals surface area contributed by atoms with Crippen LogP contribution in [0.4, 0.5) is 0 Å². The molecule has 32 heavy (non-hydrogen) atoms. The minimum Gasteiger partial charge on any atom is -0.507 e. The first-order chi connectivity index (χ1) is 15.2. The van der Waals surface area contributed by atoms with Crippen molar-refractivity contribution < 1.29 is 24.2 Å². The zero-order valence-corrected chi connectivity index (χ0v) is 19.2. The van der Waals surface area contributed by atoms with E-state index in [9.17, 15) is 14.7 Å². The number of likely N-dealkylation sites (N-methyl/N-ethyl adjacent to an activating group) is 1. The first-order valence-electron chi connectivity index (χ1n) is 10.6. The molecule has 1 fully saturated rings. The Hall–Kier alpha value is -3.32. The molecular formula is C25H30N2O5. The topological polar surface area (TPSA) is 79.3 Å². The van der Waals surface area contributed by atoms with Crippen LogP contribution in [0.15, 0.2) is 54.1 Å². The summed E-state index contributed by atoms with van der Waals surface area (Å²) in [6, 6.07) is 13.3. The number of methoxy groups -OCH3 is 1. The van der Waals surface area contributed by atoms with Crippen molar-refractivity contribution >= 4 is 17.4 Å². The van der Waals surface area contributed by atoms with E-state index in [-0.39, 0.29) is 17.4 Å². The molecule has 2 aromatic rings. The number of aliphatic hydroxyl groups is 1. The summed E-state index contributed by atoms with van der Waals surface area (Å²) in [5.74, 6) is -0.263. The average molecular weight is 439 g/mol. The highest BCUT2D eigenvalue weighted by Crippen LogP contribution is 2.40. The number of nitrogens with zero attached hydrogens (tertiary/aromatic N) is 2. The molecule has 0 aliphatic carbocycles. The molecule has 0 aromatic heterocycles. The summed E-state index contributed by atoms with van der Waals surface area (Å²) >= 11 is 0. The van der Waals surface area contributed by atoms with Gasteiger partial charge in [-0.3, -0.25) is 9.59 Å². The van der Waals surface area contributed by atoms with E-state index in [1.54, 1.807) is 31.4 Å². The Balaban J connectivity index is 2.12. The molecule has 170 valence electrons. The lowest BCUT2D eigenvalue weighted by molar-refractivity contribution is -0.140. The number of hydrogen-bond acceptors (Lipinski definition) is 6. The molecule has 1 aliphatic heterocycles. The van der Waals surface area contributed by atoms with E-state index in [2.05, 4.69) is 0 Å². The fraction of sp³-hybridized carbons (Fsp3) is 0.360. The lowest BCUT2D eigenvalue weighted by Gasteiger charge is -2.27. The number of ketones is 1. The summed E-state index contributed by atoms with van der Waals surface area (Å²) in [5, 5.41) is 11.1. The lowest BCUT2D eigenvalue weighted by atomic mass is 9.95. The van der Waals surface area contributed by atoms with Crippen molar-refractivity contribution in [2.75, 3.05) is 34.3 Å². The van der Waals surface area contributed by atoms with Crippen LogP contribution in [0.1, 0.15) is 31.0 Å². The number of Topliss-reactive ketones (excluding diaryl/α,β-unsaturated/α-hetero) is 1. The van der Waals surface area contributed by atoms with E-state index in [4.69, 9.17) is 9.47 Å². The highest BCUT2D eigenvalue weighted by molar-refractivity contribution is 6.46.